The number of carbonyl (C=O) groups excluding carboxylic acids is 1. The first kappa shape index (κ1) is 18.0. The number of sulfonamides is 1. The van der Waals surface area contributed by atoms with Gasteiger partial charge in [-0.25, -0.2) is 8.42 Å². The summed E-state index contributed by atoms with van der Waals surface area (Å²) in [6, 6.07) is 5.21. The summed E-state index contributed by atoms with van der Waals surface area (Å²) in [7, 11) is -3.52. The summed E-state index contributed by atoms with van der Waals surface area (Å²) in [5.74, 6) is 1.23. The number of piperidine rings is 1. The molecule has 3 atom stereocenters. The predicted molar refractivity (Wildman–Crippen MR) is 100 cm³/mol. The zero-order valence-corrected chi connectivity index (χ0v) is 16.2. The molecule has 1 aromatic carbocycles. The van der Waals surface area contributed by atoms with E-state index in [1.165, 1.54) is 19.3 Å². The normalized spacial score (nSPS) is 29.0. The largest absolute Gasteiger partial charge is 0.349 e. The Bertz CT molecular complexity index is 799. The minimum Gasteiger partial charge on any atom is -0.349 e. The molecule has 1 saturated heterocycles. The third-order valence-electron chi connectivity index (χ3n) is 6.46. The summed E-state index contributed by atoms with van der Waals surface area (Å²) >= 11 is 0. The number of benzene rings is 1. The number of nitrogens with zero attached hydrogens (tertiary/aromatic N) is 1. The Hall–Kier alpha value is -1.40. The minimum absolute atomic E-state index is 0.129. The molecule has 3 fully saturated rings. The SMILES string of the molecule is Cc1ccc(S(=O)(=O)N2CCCCC2)cc1C(=O)N[C@@H]1C[C@H]2CC[C@H]1C2. The lowest BCUT2D eigenvalue weighted by Crippen LogP contribution is -2.39. The zero-order valence-electron chi connectivity index (χ0n) is 15.4. The molecule has 1 amide bonds. The van der Waals surface area contributed by atoms with Gasteiger partial charge in [0.1, 0.15) is 0 Å². The van der Waals surface area contributed by atoms with Crippen LogP contribution in [0.2, 0.25) is 0 Å². The Morgan fingerprint density at radius 1 is 1.12 bits per heavy atom. The summed E-state index contributed by atoms with van der Waals surface area (Å²) < 4.78 is 27.4. The van der Waals surface area contributed by atoms with E-state index < -0.39 is 10.0 Å². The molecule has 2 saturated carbocycles. The highest BCUT2D eigenvalue weighted by Crippen LogP contribution is 2.44. The van der Waals surface area contributed by atoms with Crippen molar-refractivity contribution in [3.63, 3.8) is 0 Å². The van der Waals surface area contributed by atoms with Crippen LogP contribution in [0.4, 0.5) is 0 Å². The van der Waals surface area contributed by atoms with Crippen LogP contribution in [0, 0.1) is 18.8 Å². The standard InChI is InChI=1S/C20H28N2O3S/c1-14-5-8-17(26(24,25)22-9-3-2-4-10-22)13-18(14)20(23)21-19-12-15-6-7-16(19)11-15/h5,8,13,15-16,19H,2-4,6-7,9-12H2,1H3,(H,21,23)/t15-,16-,19+/m0/s1. The lowest BCUT2D eigenvalue weighted by molar-refractivity contribution is 0.0922. The van der Waals surface area contributed by atoms with Crippen molar-refractivity contribution in [2.45, 2.75) is 62.8 Å². The van der Waals surface area contributed by atoms with Crippen molar-refractivity contribution in [2.75, 3.05) is 13.1 Å². The summed E-state index contributed by atoms with van der Waals surface area (Å²) in [5, 5.41) is 3.18. The average Bonchev–Trinajstić information content (AvgIpc) is 3.25. The monoisotopic (exact) mass is 376 g/mol. The van der Waals surface area contributed by atoms with E-state index in [1.54, 1.807) is 22.5 Å². The molecule has 26 heavy (non-hydrogen) atoms. The second-order valence-corrected chi connectivity index (χ2v) is 10.1. The molecule has 5 nitrogen and oxygen atoms in total. The van der Waals surface area contributed by atoms with E-state index in [1.807, 2.05) is 6.92 Å². The fourth-order valence-corrected chi connectivity index (χ4v) is 6.47. The Labute approximate surface area is 156 Å². The Kier molecular flexibility index (Phi) is 4.82. The molecule has 1 N–H and O–H groups in total. The van der Waals surface area contributed by atoms with E-state index >= 15 is 0 Å². The first-order valence-electron chi connectivity index (χ1n) is 9.87. The van der Waals surface area contributed by atoms with Crippen molar-refractivity contribution in [3.05, 3.63) is 29.3 Å². The number of rotatable bonds is 4. The maximum Gasteiger partial charge on any atom is 0.251 e. The Morgan fingerprint density at radius 3 is 2.54 bits per heavy atom. The third kappa shape index (κ3) is 3.29. The first-order valence-corrected chi connectivity index (χ1v) is 11.3. The number of amides is 1. The first-order chi connectivity index (χ1) is 12.4. The van der Waals surface area contributed by atoms with Crippen LogP contribution in [0.1, 0.15) is 60.9 Å². The molecule has 6 heteroatoms. The van der Waals surface area contributed by atoms with Crippen LogP contribution in [0.3, 0.4) is 0 Å². The zero-order chi connectivity index (χ0) is 18.3. The van der Waals surface area contributed by atoms with Gasteiger partial charge in [-0.2, -0.15) is 4.31 Å². The van der Waals surface area contributed by atoms with Gasteiger partial charge < -0.3 is 5.32 Å². The second kappa shape index (κ2) is 6.97. The van der Waals surface area contributed by atoms with Crippen molar-refractivity contribution in [1.29, 1.82) is 0 Å². The number of hydrogen-bond acceptors (Lipinski definition) is 3. The molecule has 2 bridgehead atoms. The van der Waals surface area contributed by atoms with Crippen LogP contribution in [0.25, 0.3) is 0 Å². The molecule has 0 unspecified atom stereocenters. The van der Waals surface area contributed by atoms with Crippen molar-refractivity contribution in [2.24, 2.45) is 11.8 Å². The van der Waals surface area contributed by atoms with Crippen molar-refractivity contribution in [1.82, 2.24) is 9.62 Å². The number of hydrogen-bond donors (Lipinski definition) is 1. The van der Waals surface area contributed by atoms with Crippen LogP contribution in [-0.4, -0.2) is 37.8 Å². The minimum atomic E-state index is -3.52. The fourth-order valence-electron chi connectivity index (χ4n) is 4.93. The van der Waals surface area contributed by atoms with Gasteiger partial charge >= 0.3 is 0 Å². The van der Waals surface area contributed by atoms with E-state index in [4.69, 9.17) is 0 Å². The molecule has 0 spiro atoms. The van der Waals surface area contributed by atoms with Gasteiger partial charge in [0.15, 0.2) is 0 Å². The predicted octanol–water partition coefficient (Wildman–Crippen LogP) is 3.09. The lowest BCUT2D eigenvalue weighted by Gasteiger charge is -2.26. The van der Waals surface area contributed by atoms with Gasteiger partial charge in [0, 0.05) is 24.7 Å². The van der Waals surface area contributed by atoms with Crippen molar-refractivity contribution in [3.8, 4) is 0 Å². The third-order valence-corrected chi connectivity index (χ3v) is 8.36. The molecule has 1 aromatic rings. The van der Waals surface area contributed by atoms with Gasteiger partial charge in [0.2, 0.25) is 10.0 Å². The topological polar surface area (TPSA) is 66.5 Å². The van der Waals surface area contributed by atoms with Crippen LogP contribution >= 0.6 is 0 Å². The fraction of sp³-hybridized carbons (Fsp3) is 0.650. The molecule has 2 aliphatic carbocycles. The van der Waals surface area contributed by atoms with E-state index in [2.05, 4.69) is 5.32 Å². The Morgan fingerprint density at radius 2 is 1.88 bits per heavy atom. The molecular weight excluding hydrogens is 348 g/mol. The number of carbonyl (C=O) groups is 1. The van der Waals surface area contributed by atoms with Crippen LogP contribution in [0.15, 0.2) is 23.1 Å². The molecule has 142 valence electrons. The Balaban J connectivity index is 1.55. The smallest absolute Gasteiger partial charge is 0.251 e. The number of fused-ring (bicyclic) bond motifs is 2. The highest BCUT2D eigenvalue weighted by Gasteiger charge is 2.40. The number of aryl methyl sites for hydroxylation is 1. The van der Waals surface area contributed by atoms with Gasteiger partial charge in [-0.1, -0.05) is 18.9 Å². The van der Waals surface area contributed by atoms with Crippen LogP contribution < -0.4 is 5.32 Å². The van der Waals surface area contributed by atoms with Gasteiger partial charge in [0.05, 0.1) is 4.90 Å². The summed E-state index contributed by atoms with van der Waals surface area (Å²) in [4.78, 5) is 13.1. The molecule has 3 aliphatic rings. The van der Waals surface area contributed by atoms with Crippen molar-refractivity contribution >= 4 is 15.9 Å². The van der Waals surface area contributed by atoms with Gasteiger partial charge in [-0.05, 0) is 68.6 Å². The van der Waals surface area contributed by atoms with Gasteiger partial charge in [-0.3, -0.25) is 4.79 Å². The summed E-state index contributed by atoms with van der Waals surface area (Å²) in [6.45, 7) is 3.01. The lowest BCUT2D eigenvalue weighted by atomic mass is 9.95. The van der Waals surface area contributed by atoms with Crippen LogP contribution in [0.5, 0.6) is 0 Å². The molecular formula is C20H28N2O3S. The van der Waals surface area contributed by atoms with E-state index in [0.717, 1.165) is 37.2 Å². The van der Waals surface area contributed by atoms with E-state index in [0.29, 0.717) is 24.6 Å². The molecule has 0 aromatic heterocycles. The van der Waals surface area contributed by atoms with E-state index in [-0.39, 0.29) is 16.8 Å². The van der Waals surface area contributed by atoms with Gasteiger partial charge in [-0.15, -0.1) is 0 Å². The maximum atomic E-state index is 12.9. The molecule has 0 radical (unpaired) electrons. The second-order valence-electron chi connectivity index (χ2n) is 8.20. The van der Waals surface area contributed by atoms with Crippen LogP contribution in [-0.2, 0) is 10.0 Å². The number of nitrogens with one attached hydrogen (secondary N) is 1. The summed E-state index contributed by atoms with van der Waals surface area (Å²) in [6.07, 6.45) is 7.69. The van der Waals surface area contributed by atoms with Gasteiger partial charge in [0.25, 0.3) is 5.91 Å². The summed E-state index contributed by atoms with van der Waals surface area (Å²) in [5.41, 5.74) is 1.31. The maximum absolute atomic E-state index is 12.9. The molecule has 4 rings (SSSR count). The van der Waals surface area contributed by atoms with Crippen molar-refractivity contribution < 1.29 is 13.2 Å². The highest BCUT2D eigenvalue weighted by molar-refractivity contribution is 7.89. The molecule has 1 aliphatic heterocycles. The van der Waals surface area contributed by atoms with E-state index in [9.17, 15) is 13.2 Å². The average molecular weight is 377 g/mol. The highest BCUT2D eigenvalue weighted by atomic mass is 32.2. The molecule has 1 heterocycles. The quantitative estimate of drug-likeness (QED) is 0.878.